The standard InChI is InChI=1S/C7H15NO5.ClH/c1-12-7-6(11)5(10)4(9)3(2-8)13-7;/h3-7,9-11H,2,8H2,1H3;1H/t3?,4-,5-,6?,7+;/m1./s1. The van der Waals surface area contributed by atoms with Crippen LogP contribution < -0.4 is 5.73 Å². The van der Waals surface area contributed by atoms with Crippen LogP contribution in [0.1, 0.15) is 0 Å². The van der Waals surface area contributed by atoms with Crippen molar-refractivity contribution in [1.29, 1.82) is 0 Å². The minimum absolute atomic E-state index is 0. The van der Waals surface area contributed by atoms with E-state index in [1.54, 1.807) is 0 Å². The molecule has 0 spiro atoms. The molecule has 1 saturated heterocycles. The second-order valence-corrected chi connectivity index (χ2v) is 2.99. The molecule has 1 aliphatic heterocycles. The van der Waals surface area contributed by atoms with Crippen molar-refractivity contribution in [3.05, 3.63) is 0 Å². The van der Waals surface area contributed by atoms with E-state index >= 15 is 0 Å². The highest BCUT2D eigenvalue weighted by Crippen LogP contribution is 2.20. The van der Waals surface area contributed by atoms with E-state index < -0.39 is 30.7 Å². The number of halogens is 1. The Bertz CT molecular complexity index is 152. The fourth-order valence-corrected chi connectivity index (χ4v) is 1.31. The number of nitrogens with two attached hydrogens (primary N) is 1. The maximum absolute atomic E-state index is 9.35. The van der Waals surface area contributed by atoms with Gasteiger partial charge in [0.1, 0.15) is 24.4 Å². The van der Waals surface area contributed by atoms with E-state index in [1.807, 2.05) is 0 Å². The molecule has 5 N–H and O–H groups in total. The van der Waals surface area contributed by atoms with Crippen LogP contribution in [0.2, 0.25) is 0 Å². The molecule has 7 heteroatoms. The molecule has 0 saturated carbocycles. The quantitative estimate of drug-likeness (QED) is 0.429. The van der Waals surface area contributed by atoms with Gasteiger partial charge in [0, 0.05) is 13.7 Å². The van der Waals surface area contributed by atoms with E-state index in [4.69, 9.17) is 15.2 Å². The zero-order valence-corrected chi connectivity index (χ0v) is 8.55. The highest BCUT2D eigenvalue weighted by molar-refractivity contribution is 5.85. The van der Waals surface area contributed by atoms with Crippen molar-refractivity contribution in [2.24, 2.45) is 5.73 Å². The Balaban J connectivity index is 0.00000169. The first kappa shape index (κ1) is 14.1. The van der Waals surface area contributed by atoms with Gasteiger partial charge in [0.25, 0.3) is 0 Å². The summed E-state index contributed by atoms with van der Waals surface area (Å²) in [6.45, 7) is 0.0603. The molecule has 0 radical (unpaired) electrons. The fourth-order valence-electron chi connectivity index (χ4n) is 1.31. The average Bonchev–Trinajstić information content (AvgIpc) is 2.15. The van der Waals surface area contributed by atoms with Crippen LogP contribution in [-0.2, 0) is 9.47 Å². The van der Waals surface area contributed by atoms with Crippen LogP contribution in [0.15, 0.2) is 0 Å². The molecule has 1 aliphatic rings. The van der Waals surface area contributed by atoms with Gasteiger partial charge >= 0.3 is 0 Å². The third kappa shape index (κ3) is 2.54. The summed E-state index contributed by atoms with van der Waals surface area (Å²) in [7, 11) is 1.34. The molecule has 1 fully saturated rings. The van der Waals surface area contributed by atoms with Gasteiger partial charge in [-0.05, 0) is 0 Å². The molecule has 14 heavy (non-hydrogen) atoms. The topological polar surface area (TPSA) is 105 Å². The summed E-state index contributed by atoms with van der Waals surface area (Å²) in [6, 6.07) is 0. The first-order valence-corrected chi connectivity index (χ1v) is 4.04. The van der Waals surface area contributed by atoms with Gasteiger partial charge < -0.3 is 30.5 Å². The lowest BCUT2D eigenvalue weighted by Crippen LogP contribution is -2.59. The van der Waals surface area contributed by atoms with Gasteiger partial charge in [-0.3, -0.25) is 0 Å². The smallest absolute Gasteiger partial charge is 0.186 e. The van der Waals surface area contributed by atoms with E-state index in [0.29, 0.717) is 0 Å². The number of ether oxygens (including phenoxy) is 2. The minimum Gasteiger partial charge on any atom is -0.388 e. The Morgan fingerprint density at radius 1 is 1.21 bits per heavy atom. The monoisotopic (exact) mass is 229 g/mol. The van der Waals surface area contributed by atoms with Crippen molar-refractivity contribution in [3.8, 4) is 0 Å². The van der Waals surface area contributed by atoms with Gasteiger partial charge in [-0.2, -0.15) is 0 Å². The Labute approximate surface area is 88.0 Å². The summed E-state index contributed by atoms with van der Waals surface area (Å²) in [5, 5.41) is 28.0. The van der Waals surface area contributed by atoms with Crippen LogP contribution in [0.25, 0.3) is 0 Å². The number of methoxy groups -OCH3 is 1. The number of aliphatic hydroxyl groups is 3. The van der Waals surface area contributed by atoms with E-state index in [0.717, 1.165) is 0 Å². The lowest BCUT2D eigenvalue weighted by molar-refractivity contribution is -0.287. The highest BCUT2D eigenvalue weighted by Gasteiger charge is 2.43. The zero-order valence-electron chi connectivity index (χ0n) is 7.74. The average molecular weight is 230 g/mol. The number of rotatable bonds is 2. The number of aliphatic hydroxyl groups excluding tert-OH is 3. The first-order valence-electron chi connectivity index (χ1n) is 4.04. The SMILES string of the molecule is CO[C@H]1OC(CN)[C@@H](O)[C@@H](O)C1O.Cl. The van der Waals surface area contributed by atoms with Gasteiger partial charge in [-0.25, -0.2) is 0 Å². The molecule has 0 bridgehead atoms. The van der Waals surface area contributed by atoms with Crippen molar-refractivity contribution in [1.82, 2.24) is 0 Å². The van der Waals surface area contributed by atoms with E-state index in [1.165, 1.54) is 7.11 Å². The molecule has 0 aliphatic carbocycles. The number of hydrogen-bond acceptors (Lipinski definition) is 6. The van der Waals surface area contributed by atoms with Crippen LogP contribution in [0.3, 0.4) is 0 Å². The molecule has 6 nitrogen and oxygen atoms in total. The highest BCUT2D eigenvalue weighted by atomic mass is 35.5. The number of hydrogen-bond donors (Lipinski definition) is 4. The van der Waals surface area contributed by atoms with Crippen LogP contribution in [0.5, 0.6) is 0 Å². The van der Waals surface area contributed by atoms with Crippen molar-refractivity contribution in [3.63, 3.8) is 0 Å². The molecule has 1 heterocycles. The van der Waals surface area contributed by atoms with Crippen molar-refractivity contribution in [2.75, 3.05) is 13.7 Å². The predicted molar refractivity (Wildman–Crippen MR) is 50.0 cm³/mol. The van der Waals surface area contributed by atoms with Gasteiger partial charge in [0.15, 0.2) is 6.29 Å². The fraction of sp³-hybridized carbons (Fsp3) is 1.00. The van der Waals surface area contributed by atoms with Crippen LogP contribution in [0.4, 0.5) is 0 Å². The Hall–Kier alpha value is 0.0500. The van der Waals surface area contributed by atoms with Crippen LogP contribution in [0, 0.1) is 0 Å². The minimum atomic E-state index is -1.28. The maximum Gasteiger partial charge on any atom is 0.186 e. The molecule has 5 atom stereocenters. The molecular formula is C7H16ClNO5. The third-order valence-corrected chi connectivity index (χ3v) is 2.13. The summed E-state index contributed by atoms with van der Waals surface area (Å²) in [5.74, 6) is 0. The van der Waals surface area contributed by atoms with Gasteiger partial charge in [0.05, 0.1) is 0 Å². The summed E-state index contributed by atoms with van der Waals surface area (Å²) in [5.41, 5.74) is 5.28. The van der Waals surface area contributed by atoms with E-state index in [2.05, 4.69) is 0 Å². The predicted octanol–water partition coefficient (Wildman–Crippen LogP) is -2.18. The van der Waals surface area contributed by atoms with Gasteiger partial charge in [-0.15, -0.1) is 12.4 Å². The van der Waals surface area contributed by atoms with E-state index in [9.17, 15) is 15.3 Å². The molecule has 1 rings (SSSR count). The van der Waals surface area contributed by atoms with Gasteiger partial charge in [0.2, 0.25) is 0 Å². The van der Waals surface area contributed by atoms with E-state index in [-0.39, 0.29) is 19.0 Å². The Morgan fingerprint density at radius 3 is 2.21 bits per heavy atom. The lowest BCUT2D eigenvalue weighted by Gasteiger charge is -2.39. The molecule has 0 aromatic heterocycles. The third-order valence-electron chi connectivity index (χ3n) is 2.13. The summed E-state index contributed by atoms with van der Waals surface area (Å²) >= 11 is 0. The Morgan fingerprint density at radius 2 is 1.79 bits per heavy atom. The lowest BCUT2D eigenvalue weighted by atomic mass is 9.99. The maximum atomic E-state index is 9.35. The molecule has 2 unspecified atom stereocenters. The van der Waals surface area contributed by atoms with Crippen LogP contribution >= 0.6 is 12.4 Å². The second-order valence-electron chi connectivity index (χ2n) is 2.99. The molecule has 0 aromatic rings. The summed E-state index contributed by atoms with van der Waals surface area (Å²) in [6.07, 6.45) is -5.35. The summed E-state index contributed by atoms with van der Waals surface area (Å²) in [4.78, 5) is 0. The zero-order chi connectivity index (χ0) is 10.0. The summed E-state index contributed by atoms with van der Waals surface area (Å²) < 4.78 is 9.83. The van der Waals surface area contributed by atoms with Crippen molar-refractivity contribution < 1.29 is 24.8 Å². The van der Waals surface area contributed by atoms with Crippen molar-refractivity contribution in [2.45, 2.75) is 30.7 Å². The second kappa shape index (κ2) is 5.82. The molecule has 0 amide bonds. The molecule has 0 aromatic carbocycles. The molecule has 86 valence electrons. The largest absolute Gasteiger partial charge is 0.388 e. The normalized spacial score (nSPS) is 43.1. The first-order chi connectivity index (χ1) is 6.11. The van der Waals surface area contributed by atoms with Gasteiger partial charge in [-0.1, -0.05) is 0 Å². The molecular weight excluding hydrogens is 214 g/mol. The Kier molecular flexibility index (Phi) is 5.84. The van der Waals surface area contributed by atoms with Crippen molar-refractivity contribution >= 4 is 12.4 Å². The van der Waals surface area contributed by atoms with Crippen LogP contribution in [-0.4, -0.2) is 59.7 Å².